The van der Waals surface area contributed by atoms with E-state index in [-0.39, 0.29) is 30.7 Å². The van der Waals surface area contributed by atoms with E-state index in [2.05, 4.69) is 16.6 Å². The number of rotatable bonds is 9. The number of phenolic OH excluding ortho intramolecular Hbond substituents is 1. The molecule has 3 rings (SSSR count). The van der Waals surface area contributed by atoms with Crippen LogP contribution >= 0.6 is 0 Å². The minimum absolute atomic E-state index is 0.0308. The maximum atomic E-state index is 14.2. The van der Waals surface area contributed by atoms with Gasteiger partial charge in [0.1, 0.15) is 23.4 Å². The number of likely N-dealkylation sites (N-methyl/N-ethyl adjacent to an activating group) is 1. The van der Waals surface area contributed by atoms with Crippen LogP contribution in [0.25, 0.3) is 0 Å². The Kier molecular flexibility index (Phi) is 10.6. The molecule has 8 nitrogen and oxygen atoms in total. The number of nitrogens with one attached hydrogen (secondary N) is 2. The summed E-state index contributed by atoms with van der Waals surface area (Å²) in [6.07, 6.45) is 10.2. The summed E-state index contributed by atoms with van der Waals surface area (Å²) in [6, 6.07) is 11.5. The van der Waals surface area contributed by atoms with E-state index in [1.165, 1.54) is 17.0 Å². The van der Waals surface area contributed by atoms with Gasteiger partial charge in [0.15, 0.2) is 0 Å². The Balaban J connectivity index is 1.99. The van der Waals surface area contributed by atoms with Crippen LogP contribution in [0.4, 0.5) is 4.79 Å². The zero-order chi connectivity index (χ0) is 29.3. The maximum Gasteiger partial charge on any atom is 0.408 e. The molecule has 1 fully saturated rings. The number of ether oxygens (including phenoxy) is 1. The van der Waals surface area contributed by atoms with Crippen LogP contribution in [0.1, 0.15) is 82.5 Å². The maximum absolute atomic E-state index is 14.2. The minimum Gasteiger partial charge on any atom is -0.508 e. The quantitative estimate of drug-likeness (QED) is 0.389. The fourth-order valence-electron chi connectivity index (χ4n) is 5.03. The molecule has 0 spiro atoms. The lowest BCUT2D eigenvalue weighted by Crippen LogP contribution is -2.54. The molecule has 1 aliphatic carbocycles. The van der Waals surface area contributed by atoms with E-state index in [4.69, 9.17) is 11.2 Å². The van der Waals surface area contributed by atoms with Crippen LogP contribution in [0.3, 0.4) is 0 Å². The lowest BCUT2D eigenvalue weighted by Gasteiger charge is -2.35. The summed E-state index contributed by atoms with van der Waals surface area (Å²) in [5.41, 5.74) is 1.02. The Hall–Kier alpha value is -3.99. The van der Waals surface area contributed by atoms with Crippen LogP contribution < -0.4 is 10.6 Å². The van der Waals surface area contributed by atoms with Crippen molar-refractivity contribution in [3.8, 4) is 18.1 Å². The molecule has 0 bridgehead atoms. The molecule has 0 aromatic heterocycles. The fraction of sp³-hybridized carbons (Fsp3) is 0.469. The first-order chi connectivity index (χ1) is 19.0. The standard InChI is InChI=1S/C32H41N3O5/c1-6-23-13-11-12-16-26(23)28(29(37)33-24-14-9-8-10-15-24)35(7-2)30(38)27(34-31(39)40-32(3,4)5)21-22-17-19-25(36)20-18-22/h1,11-13,16-20,24,27-28,36H,7-10,14-15,21H2,2-5H3,(H,33,37)(H,34,39). The number of carbonyl (C=O) groups excluding carboxylic acids is 3. The van der Waals surface area contributed by atoms with E-state index in [0.717, 1.165) is 37.7 Å². The Labute approximate surface area is 237 Å². The third kappa shape index (κ3) is 8.51. The van der Waals surface area contributed by atoms with Gasteiger partial charge in [-0.1, -0.05) is 55.5 Å². The predicted molar refractivity (Wildman–Crippen MR) is 154 cm³/mol. The molecular weight excluding hydrogens is 506 g/mol. The Bertz CT molecular complexity index is 1210. The lowest BCUT2D eigenvalue weighted by molar-refractivity contribution is -0.142. The Morgan fingerprint density at radius 1 is 1.07 bits per heavy atom. The predicted octanol–water partition coefficient (Wildman–Crippen LogP) is 4.85. The summed E-state index contributed by atoms with van der Waals surface area (Å²) in [5, 5.41) is 15.6. The largest absolute Gasteiger partial charge is 0.508 e. The molecule has 0 aliphatic heterocycles. The number of hydrogen-bond acceptors (Lipinski definition) is 5. The highest BCUT2D eigenvalue weighted by atomic mass is 16.6. The molecule has 40 heavy (non-hydrogen) atoms. The van der Waals surface area contributed by atoms with Crippen LogP contribution in [0.2, 0.25) is 0 Å². The number of terminal acetylenes is 1. The van der Waals surface area contributed by atoms with Gasteiger partial charge in [0.25, 0.3) is 0 Å². The molecule has 8 heteroatoms. The van der Waals surface area contributed by atoms with Crippen molar-refractivity contribution >= 4 is 17.9 Å². The summed E-state index contributed by atoms with van der Waals surface area (Å²) in [4.78, 5) is 42.4. The molecule has 0 radical (unpaired) electrons. The van der Waals surface area contributed by atoms with Gasteiger partial charge in [0.2, 0.25) is 11.8 Å². The number of carbonyl (C=O) groups is 3. The normalized spacial score (nSPS) is 15.3. The molecule has 1 aliphatic rings. The van der Waals surface area contributed by atoms with Crippen molar-refractivity contribution in [1.29, 1.82) is 0 Å². The van der Waals surface area contributed by atoms with Gasteiger partial charge in [-0.3, -0.25) is 9.59 Å². The van der Waals surface area contributed by atoms with E-state index in [9.17, 15) is 19.5 Å². The average molecular weight is 548 g/mol. The number of benzene rings is 2. The van der Waals surface area contributed by atoms with Crippen molar-refractivity contribution in [3.63, 3.8) is 0 Å². The zero-order valence-electron chi connectivity index (χ0n) is 23.9. The van der Waals surface area contributed by atoms with Crippen molar-refractivity contribution in [2.75, 3.05) is 6.54 Å². The first-order valence-corrected chi connectivity index (χ1v) is 14.0. The second-order valence-electron chi connectivity index (χ2n) is 11.2. The first-order valence-electron chi connectivity index (χ1n) is 14.0. The third-order valence-corrected chi connectivity index (χ3v) is 6.91. The van der Waals surface area contributed by atoms with Crippen molar-refractivity contribution in [3.05, 3.63) is 65.2 Å². The summed E-state index contributed by atoms with van der Waals surface area (Å²) in [7, 11) is 0. The molecule has 3 amide bonds. The SMILES string of the molecule is C#Cc1ccccc1C(C(=O)NC1CCCCC1)N(CC)C(=O)C(Cc1ccc(O)cc1)NC(=O)OC(C)(C)C. The van der Waals surface area contributed by atoms with Crippen molar-refractivity contribution in [2.24, 2.45) is 0 Å². The number of aromatic hydroxyl groups is 1. The average Bonchev–Trinajstić information content (AvgIpc) is 2.91. The molecule has 1 saturated carbocycles. The second kappa shape index (κ2) is 13.9. The van der Waals surface area contributed by atoms with E-state index < -0.39 is 29.7 Å². The molecule has 2 unspecified atom stereocenters. The Morgan fingerprint density at radius 3 is 2.33 bits per heavy atom. The topological polar surface area (TPSA) is 108 Å². The van der Waals surface area contributed by atoms with E-state index >= 15 is 0 Å². The van der Waals surface area contributed by atoms with Gasteiger partial charge in [0, 0.05) is 24.6 Å². The van der Waals surface area contributed by atoms with Gasteiger partial charge < -0.3 is 25.4 Å². The number of phenols is 1. The molecule has 2 atom stereocenters. The van der Waals surface area contributed by atoms with Crippen molar-refractivity contribution < 1.29 is 24.2 Å². The molecule has 0 heterocycles. The second-order valence-corrected chi connectivity index (χ2v) is 11.2. The van der Waals surface area contributed by atoms with Crippen molar-refractivity contribution in [2.45, 2.75) is 89.9 Å². The lowest BCUT2D eigenvalue weighted by atomic mass is 9.93. The summed E-state index contributed by atoms with van der Waals surface area (Å²) in [6.45, 7) is 7.21. The van der Waals surface area contributed by atoms with Gasteiger partial charge in [-0.05, 0) is 69.9 Å². The van der Waals surface area contributed by atoms with E-state index in [1.807, 2.05) is 0 Å². The van der Waals surface area contributed by atoms with Crippen LogP contribution in [0.15, 0.2) is 48.5 Å². The van der Waals surface area contributed by atoms with E-state index in [1.54, 1.807) is 64.1 Å². The van der Waals surface area contributed by atoms with Gasteiger partial charge in [0.05, 0.1) is 0 Å². The highest BCUT2D eigenvalue weighted by Crippen LogP contribution is 2.27. The molecule has 3 N–H and O–H groups in total. The smallest absolute Gasteiger partial charge is 0.408 e. The van der Waals surface area contributed by atoms with Crippen LogP contribution in [-0.4, -0.2) is 52.1 Å². The third-order valence-electron chi connectivity index (χ3n) is 6.91. The van der Waals surface area contributed by atoms with E-state index in [0.29, 0.717) is 11.1 Å². The molecule has 214 valence electrons. The highest BCUT2D eigenvalue weighted by Gasteiger charge is 2.37. The monoisotopic (exact) mass is 547 g/mol. The van der Waals surface area contributed by atoms with Crippen molar-refractivity contribution in [1.82, 2.24) is 15.5 Å². The van der Waals surface area contributed by atoms with Gasteiger partial charge in [-0.15, -0.1) is 6.42 Å². The van der Waals surface area contributed by atoms with Crippen LogP contribution in [-0.2, 0) is 20.7 Å². The number of hydrogen-bond donors (Lipinski definition) is 3. The molecule has 2 aromatic rings. The number of alkyl carbamates (subject to hydrolysis) is 1. The zero-order valence-corrected chi connectivity index (χ0v) is 23.9. The van der Waals surface area contributed by atoms with Gasteiger partial charge in [-0.2, -0.15) is 0 Å². The highest BCUT2D eigenvalue weighted by molar-refractivity contribution is 5.92. The minimum atomic E-state index is -1.04. The molecular formula is C32H41N3O5. The Morgan fingerprint density at radius 2 is 1.73 bits per heavy atom. The molecule has 0 saturated heterocycles. The molecule has 2 aromatic carbocycles. The summed E-state index contributed by atoms with van der Waals surface area (Å²) >= 11 is 0. The first kappa shape index (κ1) is 30.6. The number of nitrogens with zero attached hydrogens (tertiary/aromatic N) is 1. The van der Waals surface area contributed by atoms with Crippen LogP contribution in [0, 0.1) is 12.3 Å². The summed E-state index contributed by atoms with van der Waals surface area (Å²) in [5.74, 6) is 2.00. The number of amides is 3. The fourth-order valence-corrected chi connectivity index (χ4v) is 5.03. The van der Waals surface area contributed by atoms with Gasteiger partial charge >= 0.3 is 6.09 Å². The van der Waals surface area contributed by atoms with Gasteiger partial charge in [-0.25, -0.2) is 4.79 Å². The van der Waals surface area contributed by atoms with Crippen LogP contribution in [0.5, 0.6) is 5.75 Å². The summed E-state index contributed by atoms with van der Waals surface area (Å²) < 4.78 is 5.45.